The minimum atomic E-state index is -0.691. The van der Waals surface area contributed by atoms with E-state index in [-0.39, 0.29) is 11.6 Å². The van der Waals surface area contributed by atoms with Gasteiger partial charge in [-0.2, -0.15) is 5.10 Å². The lowest BCUT2D eigenvalue weighted by Crippen LogP contribution is -2.25. The summed E-state index contributed by atoms with van der Waals surface area (Å²) in [5.74, 6) is 0.0419. The molecule has 0 radical (unpaired) electrons. The van der Waals surface area contributed by atoms with Gasteiger partial charge in [0.25, 0.3) is 0 Å². The molecule has 0 bridgehead atoms. The van der Waals surface area contributed by atoms with Crippen molar-refractivity contribution in [3.8, 4) is 0 Å². The Hall–Kier alpha value is -2.29. The highest BCUT2D eigenvalue weighted by Crippen LogP contribution is 2.20. The lowest BCUT2D eigenvalue weighted by molar-refractivity contribution is -0.385. The fourth-order valence-corrected chi connectivity index (χ4v) is 2.01. The number of aromatic nitrogens is 3. The van der Waals surface area contributed by atoms with Crippen molar-refractivity contribution in [2.24, 2.45) is 0 Å². The van der Waals surface area contributed by atoms with Gasteiger partial charge in [-0.1, -0.05) is 0 Å². The summed E-state index contributed by atoms with van der Waals surface area (Å²) in [7, 11) is 0. The lowest BCUT2D eigenvalue weighted by atomic mass is 10.3. The van der Waals surface area contributed by atoms with E-state index in [1.54, 1.807) is 32.2 Å². The van der Waals surface area contributed by atoms with Gasteiger partial charge in [0.05, 0.1) is 4.92 Å². The normalized spacial score (nSPS) is 12.0. The maximum absolute atomic E-state index is 12.1. The monoisotopic (exact) mass is 353 g/mol. The Labute approximate surface area is 128 Å². The quantitative estimate of drug-likeness (QED) is 0.671. The standard InChI is InChI=1S/C12H12BrN5O3/c1-7-10(18(20)21)6-15-17(7)8(2)12(19)16-11-4-3-9(13)5-14-11/h3-6,8H,1-2H3,(H,14,16,19). The van der Waals surface area contributed by atoms with E-state index in [0.717, 1.165) is 10.7 Å². The molecule has 9 heteroatoms. The number of halogens is 1. The van der Waals surface area contributed by atoms with E-state index >= 15 is 0 Å². The molecule has 8 nitrogen and oxygen atoms in total. The van der Waals surface area contributed by atoms with Crippen LogP contribution in [0.2, 0.25) is 0 Å². The number of anilines is 1. The summed E-state index contributed by atoms with van der Waals surface area (Å²) in [4.78, 5) is 26.4. The van der Waals surface area contributed by atoms with E-state index in [0.29, 0.717) is 11.5 Å². The second-order valence-corrected chi connectivity index (χ2v) is 5.26. The van der Waals surface area contributed by atoms with Gasteiger partial charge in [0.15, 0.2) is 0 Å². The van der Waals surface area contributed by atoms with Crippen LogP contribution in [0.3, 0.4) is 0 Å². The molecule has 110 valence electrons. The van der Waals surface area contributed by atoms with E-state index in [1.165, 1.54) is 4.68 Å². The number of carbonyl (C=O) groups excluding carboxylic acids is 1. The zero-order valence-corrected chi connectivity index (χ0v) is 12.9. The lowest BCUT2D eigenvalue weighted by Gasteiger charge is -2.13. The first-order valence-corrected chi connectivity index (χ1v) is 6.80. The Balaban J connectivity index is 2.16. The summed E-state index contributed by atoms with van der Waals surface area (Å²) in [5, 5.41) is 17.3. The third-order valence-corrected chi connectivity index (χ3v) is 3.41. The first kappa shape index (κ1) is 15.1. The summed E-state index contributed by atoms with van der Waals surface area (Å²) in [5.41, 5.74) is 0.211. The van der Waals surface area contributed by atoms with Crippen molar-refractivity contribution in [2.45, 2.75) is 19.9 Å². The third kappa shape index (κ3) is 3.24. The second kappa shape index (κ2) is 6.00. The number of rotatable bonds is 4. The van der Waals surface area contributed by atoms with Gasteiger partial charge in [0, 0.05) is 10.7 Å². The van der Waals surface area contributed by atoms with Crippen molar-refractivity contribution in [2.75, 3.05) is 5.32 Å². The summed E-state index contributed by atoms with van der Waals surface area (Å²) >= 11 is 3.25. The van der Waals surface area contributed by atoms with Gasteiger partial charge in [-0.25, -0.2) is 4.98 Å². The molecule has 1 atom stereocenters. The average molecular weight is 354 g/mol. The highest BCUT2D eigenvalue weighted by atomic mass is 79.9. The maximum Gasteiger partial charge on any atom is 0.309 e. The molecule has 0 aliphatic carbocycles. The second-order valence-electron chi connectivity index (χ2n) is 4.34. The summed E-state index contributed by atoms with van der Waals surface area (Å²) in [6.07, 6.45) is 2.70. The first-order valence-electron chi connectivity index (χ1n) is 6.01. The molecule has 0 aromatic carbocycles. The topological polar surface area (TPSA) is 103 Å². The Morgan fingerprint density at radius 3 is 2.71 bits per heavy atom. The molecule has 0 aliphatic rings. The molecule has 2 aromatic rings. The predicted molar refractivity (Wildman–Crippen MR) is 78.9 cm³/mol. The summed E-state index contributed by atoms with van der Waals surface area (Å²) < 4.78 is 2.11. The largest absolute Gasteiger partial charge is 0.309 e. The molecule has 2 heterocycles. The van der Waals surface area contributed by atoms with Gasteiger partial charge in [0.2, 0.25) is 5.91 Å². The van der Waals surface area contributed by atoms with Crippen molar-refractivity contribution in [1.82, 2.24) is 14.8 Å². The van der Waals surface area contributed by atoms with Gasteiger partial charge >= 0.3 is 5.69 Å². The molecule has 0 spiro atoms. The molecule has 0 saturated carbocycles. The molecule has 1 amide bonds. The molecule has 1 N–H and O–H groups in total. The van der Waals surface area contributed by atoms with Crippen molar-refractivity contribution >= 4 is 33.3 Å². The van der Waals surface area contributed by atoms with Crippen molar-refractivity contribution in [3.05, 3.63) is 44.8 Å². The van der Waals surface area contributed by atoms with Crippen LogP contribution in [0.5, 0.6) is 0 Å². The van der Waals surface area contributed by atoms with Crippen LogP contribution < -0.4 is 5.32 Å². The van der Waals surface area contributed by atoms with Gasteiger partial charge in [-0.3, -0.25) is 19.6 Å². The molecule has 0 aliphatic heterocycles. The van der Waals surface area contributed by atoms with E-state index in [1.807, 2.05) is 0 Å². The molecule has 1 unspecified atom stereocenters. The van der Waals surface area contributed by atoms with Crippen LogP contribution in [-0.4, -0.2) is 25.6 Å². The van der Waals surface area contributed by atoms with Crippen LogP contribution in [0.1, 0.15) is 18.7 Å². The van der Waals surface area contributed by atoms with Crippen LogP contribution in [0, 0.1) is 17.0 Å². The molecule has 2 rings (SSSR count). The minimum Gasteiger partial charge on any atom is -0.309 e. The Bertz CT molecular complexity index is 683. The molecular weight excluding hydrogens is 342 g/mol. The highest BCUT2D eigenvalue weighted by molar-refractivity contribution is 9.10. The Morgan fingerprint density at radius 2 is 2.19 bits per heavy atom. The fourth-order valence-electron chi connectivity index (χ4n) is 1.78. The number of carbonyl (C=O) groups is 1. The number of nitrogens with one attached hydrogen (secondary N) is 1. The molecule has 2 aromatic heterocycles. The smallest absolute Gasteiger partial charge is 0.309 e. The van der Waals surface area contributed by atoms with Gasteiger partial charge < -0.3 is 5.32 Å². The SMILES string of the molecule is Cc1c([N+](=O)[O-])cnn1C(C)C(=O)Nc1ccc(Br)cn1. The predicted octanol–water partition coefficient (Wildman–Crippen LogP) is 2.46. The van der Waals surface area contributed by atoms with E-state index in [9.17, 15) is 14.9 Å². The van der Waals surface area contributed by atoms with Crippen molar-refractivity contribution in [3.63, 3.8) is 0 Å². The van der Waals surface area contributed by atoms with Gasteiger partial charge in [-0.05, 0) is 41.9 Å². The number of hydrogen-bond acceptors (Lipinski definition) is 5. The van der Waals surface area contributed by atoms with Crippen molar-refractivity contribution < 1.29 is 9.72 Å². The zero-order chi connectivity index (χ0) is 15.6. The average Bonchev–Trinajstić information content (AvgIpc) is 2.82. The Kier molecular flexibility index (Phi) is 4.32. The number of nitrogens with zero attached hydrogens (tertiary/aromatic N) is 4. The van der Waals surface area contributed by atoms with Crippen LogP contribution in [0.25, 0.3) is 0 Å². The van der Waals surface area contributed by atoms with Gasteiger partial charge in [0.1, 0.15) is 23.8 Å². The fraction of sp³-hybridized carbons (Fsp3) is 0.250. The third-order valence-electron chi connectivity index (χ3n) is 2.94. The molecular formula is C12H12BrN5O3. The summed E-state index contributed by atoms with van der Waals surface area (Å²) in [6.45, 7) is 3.16. The zero-order valence-electron chi connectivity index (χ0n) is 11.3. The number of amides is 1. The number of hydrogen-bond donors (Lipinski definition) is 1. The number of nitro groups is 1. The van der Waals surface area contributed by atoms with Gasteiger partial charge in [-0.15, -0.1) is 0 Å². The van der Waals surface area contributed by atoms with E-state index < -0.39 is 11.0 Å². The van der Waals surface area contributed by atoms with Crippen molar-refractivity contribution in [1.29, 1.82) is 0 Å². The van der Waals surface area contributed by atoms with Crippen LogP contribution in [0.4, 0.5) is 11.5 Å². The maximum atomic E-state index is 12.1. The van der Waals surface area contributed by atoms with Crippen LogP contribution in [0.15, 0.2) is 29.0 Å². The highest BCUT2D eigenvalue weighted by Gasteiger charge is 2.23. The minimum absolute atomic E-state index is 0.114. The first-order chi connectivity index (χ1) is 9.90. The van der Waals surface area contributed by atoms with Crippen LogP contribution in [-0.2, 0) is 4.79 Å². The number of pyridine rings is 1. The molecule has 0 saturated heterocycles. The molecule has 21 heavy (non-hydrogen) atoms. The summed E-state index contributed by atoms with van der Waals surface area (Å²) in [6, 6.07) is 2.70. The Morgan fingerprint density at radius 1 is 1.48 bits per heavy atom. The van der Waals surface area contributed by atoms with E-state index in [4.69, 9.17) is 0 Å². The van der Waals surface area contributed by atoms with E-state index in [2.05, 4.69) is 31.3 Å². The van der Waals surface area contributed by atoms with Crippen LogP contribution >= 0.6 is 15.9 Å². The molecule has 0 fully saturated rings.